The number of rotatable bonds is 7. The van der Waals surface area contributed by atoms with Gasteiger partial charge in [-0.25, -0.2) is 4.98 Å². The van der Waals surface area contributed by atoms with Gasteiger partial charge in [0, 0.05) is 13.1 Å². The molecule has 6 nitrogen and oxygen atoms in total. The maximum Gasteiger partial charge on any atom is 0.242 e. The molecule has 0 unspecified atom stereocenters. The molecule has 0 amide bonds. The maximum atomic E-state index is 6.04. The Hall–Kier alpha value is -1.56. The normalized spacial score (nSPS) is 12.0. The zero-order valence-corrected chi connectivity index (χ0v) is 13.4. The molecule has 3 N–H and O–H groups in total. The van der Waals surface area contributed by atoms with Crippen LogP contribution >= 0.6 is 0 Å². The van der Waals surface area contributed by atoms with Crippen molar-refractivity contribution in [2.45, 2.75) is 33.8 Å². The molecule has 1 heterocycles. The molecule has 0 radical (unpaired) electrons. The summed E-state index contributed by atoms with van der Waals surface area (Å²) >= 11 is 0. The first-order valence-corrected chi connectivity index (χ1v) is 6.87. The van der Waals surface area contributed by atoms with Crippen molar-refractivity contribution >= 4 is 11.5 Å². The first-order valence-electron chi connectivity index (χ1n) is 6.87. The molecule has 0 fully saturated rings. The van der Waals surface area contributed by atoms with E-state index in [2.05, 4.69) is 48.1 Å². The largest absolute Gasteiger partial charge is 0.473 e. The number of hydrogen-bond donors (Lipinski definition) is 2. The van der Waals surface area contributed by atoms with Crippen LogP contribution < -0.4 is 15.8 Å². The molecule has 0 atom stereocenters. The molecule has 0 saturated heterocycles. The van der Waals surface area contributed by atoms with Gasteiger partial charge in [0.15, 0.2) is 5.82 Å². The highest BCUT2D eigenvalue weighted by atomic mass is 16.5. The molecule has 20 heavy (non-hydrogen) atoms. The second-order valence-electron chi connectivity index (χ2n) is 6.36. The van der Waals surface area contributed by atoms with Gasteiger partial charge in [-0.2, -0.15) is 4.98 Å². The molecule has 0 saturated carbocycles. The Balaban J connectivity index is 2.73. The summed E-state index contributed by atoms with van der Waals surface area (Å²) in [5.41, 5.74) is 6.61. The van der Waals surface area contributed by atoms with Gasteiger partial charge in [-0.1, -0.05) is 13.8 Å². The van der Waals surface area contributed by atoms with Crippen molar-refractivity contribution in [2.75, 3.05) is 38.2 Å². The lowest BCUT2D eigenvalue weighted by Crippen LogP contribution is -2.34. The van der Waals surface area contributed by atoms with E-state index < -0.39 is 0 Å². The maximum absolute atomic E-state index is 6.04. The van der Waals surface area contributed by atoms with E-state index in [9.17, 15) is 0 Å². The van der Waals surface area contributed by atoms with E-state index in [1.165, 1.54) is 6.33 Å². The monoisotopic (exact) mass is 281 g/mol. The van der Waals surface area contributed by atoms with Crippen LogP contribution in [0.1, 0.15) is 27.7 Å². The molecule has 1 aromatic rings. The summed E-state index contributed by atoms with van der Waals surface area (Å²) in [7, 11) is 4.13. The van der Waals surface area contributed by atoms with Gasteiger partial charge in [0.1, 0.15) is 12.0 Å². The molecule has 1 aromatic heterocycles. The summed E-state index contributed by atoms with van der Waals surface area (Å²) in [5, 5.41) is 3.29. The van der Waals surface area contributed by atoms with Gasteiger partial charge in [0.25, 0.3) is 0 Å². The second kappa shape index (κ2) is 6.74. The van der Waals surface area contributed by atoms with Crippen molar-refractivity contribution in [3.05, 3.63) is 6.33 Å². The van der Waals surface area contributed by atoms with E-state index in [0.29, 0.717) is 17.4 Å². The first kappa shape index (κ1) is 16.5. The van der Waals surface area contributed by atoms with Gasteiger partial charge < -0.3 is 20.7 Å². The number of nitrogens with two attached hydrogens (primary N) is 1. The van der Waals surface area contributed by atoms with Crippen LogP contribution in [0.4, 0.5) is 11.5 Å². The molecular formula is C14H27N5O. The molecule has 0 aliphatic carbocycles. The lowest BCUT2D eigenvalue weighted by molar-refractivity contribution is 0.233. The lowest BCUT2D eigenvalue weighted by atomic mass is 9.93. The molecule has 0 bridgehead atoms. The van der Waals surface area contributed by atoms with Crippen LogP contribution in [0.5, 0.6) is 5.88 Å². The van der Waals surface area contributed by atoms with E-state index >= 15 is 0 Å². The van der Waals surface area contributed by atoms with E-state index in [0.717, 1.165) is 13.1 Å². The molecule has 1 rings (SSSR count). The van der Waals surface area contributed by atoms with Gasteiger partial charge in [-0.05, 0) is 33.4 Å². The predicted octanol–water partition coefficient (Wildman–Crippen LogP) is 1.85. The van der Waals surface area contributed by atoms with E-state index in [1.54, 1.807) is 0 Å². The lowest BCUT2D eigenvalue weighted by Gasteiger charge is -2.28. The summed E-state index contributed by atoms with van der Waals surface area (Å²) < 4.78 is 5.56. The summed E-state index contributed by atoms with van der Waals surface area (Å²) in [6.07, 6.45) is 1.50. The van der Waals surface area contributed by atoms with Gasteiger partial charge in [0.05, 0.1) is 6.10 Å². The van der Waals surface area contributed by atoms with Crippen LogP contribution in [0.3, 0.4) is 0 Å². The highest BCUT2D eigenvalue weighted by Crippen LogP contribution is 2.26. The Morgan fingerprint density at radius 2 is 2.00 bits per heavy atom. The van der Waals surface area contributed by atoms with Crippen molar-refractivity contribution in [1.29, 1.82) is 0 Å². The van der Waals surface area contributed by atoms with Gasteiger partial charge in [-0.3, -0.25) is 0 Å². The molecule has 0 spiro atoms. The number of nitrogen functional groups attached to an aromatic ring is 1. The average Bonchev–Trinajstić information content (AvgIpc) is 2.28. The highest BCUT2D eigenvalue weighted by Gasteiger charge is 2.20. The minimum atomic E-state index is 0.0326. The minimum Gasteiger partial charge on any atom is -0.473 e. The van der Waals surface area contributed by atoms with Crippen molar-refractivity contribution in [2.24, 2.45) is 5.41 Å². The fraction of sp³-hybridized carbons (Fsp3) is 0.714. The van der Waals surface area contributed by atoms with Gasteiger partial charge in [-0.15, -0.1) is 0 Å². The summed E-state index contributed by atoms with van der Waals surface area (Å²) in [6, 6.07) is 0. The van der Waals surface area contributed by atoms with E-state index in [1.807, 2.05) is 13.8 Å². The van der Waals surface area contributed by atoms with Gasteiger partial charge in [0.2, 0.25) is 5.88 Å². The van der Waals surface area contributed by atoms with Crippen LogP contribution in [0.15, 0.2) is 6.33 Å². The Morgan fingerprint density at radius 1 is 1.35 bits per heavy atom. The number of nitrogens with zero attached hydrogens (tertiary/aromatic N) is 3. The summed E-state index contributed by atoms with van der Waals surface area (Å²) in [6.45, 7) is 10.0. The fourth-order valence-electron chi connectivity index (χ4n) is 2.07. The molecule has 114 valence electrons. The van der Waals surface area contributed by atoms with Gasteiger partial charge >= 0.3 is 0 Å². The van der Waals surface area contributed by atoms with Crippen LogP contribution in [0.25, 0.3) is 0 Å². The zero-order valence-electron chi connectivity index (χ0n) is 13.4. The van der Waals surface area contributed by atoms with Crippen molar-refractivity contribution in [3.63, 3.8) is 0 Å². The highest BCUT2D eigenvalue weighted by molar-refractivity contribution is 5.66. The Bertz CT molecular complexity index is 432. The summed E-state index contributed by atoms with van der Waals surface area (Å²) in [4.78, 5) is 10.4. The standard InChI is InChI=1S/C14H27N5O/c1-10(2)20-13-11(15)12(17-9-18-13)16-7-14(3,4)8-19(5)6/h9-10H,7-8,15H2,1-6H3,(H,16,17,18). The minimum absolute atomic E-state index is 0.0326. The third-order valence-electron chi connectivity index (χ3n) is 2.67. The molecule has 6 heteroatoms. The fourth-order valence-corrected chi connectivity index (χ4v) is 2.07. The third-order valence-corrected chi connectivity index (χ3v) is 2.67. The second-order valence-corrected chi connectivity index (χ2v) is 6.36. The summed E-state index contributed by atoms with van der Waals surface area (Å²) in [5.74, 6) is 1.06. The topological polar surface area (TPSA) is 76.3 Å². The molecule has 0 aliphatic heterocycles. The number of hydrogen-bond acceptors (Lipinski definition) is 6. The Labute approximate surface area is 121 Å². The smallest absolute Gasteiger partial charge is 0.242 e. The number of aromatic nitrogens is 2. The predicted molar refractivity (Wildman–Crippen MR) is 83.0 cm³/mol. The third kappa shape index (κ3) is 5.21. The first-order chi connectivity index (χ1) is 9.21. The number of anilines is 2. The zero-order chi connectivity index (χ0) is 15.3. The van der Waals surface area contributed by atoms with Crippen LogP contribution in [-0.4, -0.2) is 48.2 Å². The van der Waals surface area contributed by atoms with E-state index in [-0.39, 0.29) is 11.5 Å². The van der Waals surface area contributed by atoms with Crippen molar-refractivity contribution in [3.8, 4) is 5.88 Å². The van der Waals surface area contributed by atoms with Crippen molar-refractivity contribution < 1.29 is 4.74 Å². The SMILES string of the molecule is CC(C)Oc1ncnc(NCC(C)(C)CN(C)C)c1N. The molecule has 0 aliphatic rings. The van der Waals surface area contributed by atoms with E-state index in [4.69, 9.17) is 10.5 Å². The van der Waals surface area contributed by atoms with Crippen LogP contribution in [0.2, 0.25) is 0 Å². The van der Waals surface area contributed by atoms with Crippen LogP contribution in [0, 0.1) is 5.41 Å². The quantitative estimate of drug-likeness (QED) is 0.794. The number of ether oxygens (including phenoxy) is 1. The Morgan fingerprint density at radius 3 is 2.55 bits per heavy atom. The average molecular weight is 281 g/mol. The molecular weight excluding hydrogens is 254 g/mol. The Kier molecular flexibility index (Phi) is 5.56. The molecule has 0 aromatic carbocycles. The number of nitrogens with one attached hydrogen (secondary N) is 1. The van der Waals surface area contributed by atoms with Crippen LogP contribution in [-0.2, 0) is 0 Å². The van der Waals surface area contributed by atoms with Crippen molar-refractivity contribution in [1.82, 2.24) is 14.9 Å².